The summed E-state index contributed by atoms with van der Waals surface area (Å²) in [6, 6.07) is 3.01. The van der Waals surface area contributed by atoms with Crippen LogP contribution in [-0.2, 0) is 11.3 Å². The van der Waals surface area contributed by atoms with Crippen LogP contribution in [0, 0.1) is 11.6 Å². The van der Waals surface area contributed by atoms with Gasteiger partial charge in [-0.3, -0.25) is 4.79 Å². The van der Waals surface area contributed by atoms with Gasteiger partial charge >= 0.3 is 0 Å². The van der Waals surface area contributed by atoms with E-state index in [1.165, 1.54) is 0 Å². The van der Waals surface area contributed by atoms with Crippen molar-refractivity contribution < 1.29 is 13.6 Å². The maximum atomic E-state index is 13.3. The van der Waals surface area contributed by atoms with Gasteiger partial charge in [0.25, 0.3) is 0 Å². The number of halogens is 3. The van der Waals surface area contributed by atoms with Gasteiger partial charge < -0.3 is 10.6 Å². The molecule has 1 atom stereocenters. The molecule has 0 saturated carbocycles. The van der Waals surface area contributed by atoms with Crippen molar-refractivity contribution in [1.29, 1.82) is 0 Å². The van der Waals surface area contributed by atoms with E-state index in [4.69, 9.17) is 0 Å². The van der Waals surface area contributed by atoms with Gasteiger partial charge in [-0.1, -0.05) is 6.42 Å². The molecule has 1 aliphatic heterocycles. The van der Waals surface area contributed by atoms with Crippen molar-refractivity contribution in [2.45, 2.75) is 31.8 Å². The van der Waals surface area contributed by atoms with Gasteiger partial charge in [0.05, 0.1) is 6.04 Å². The maximum absolute atomic E-state index is 13.3. The van der Waals surface area contributed by atoms with Gasteiger partial charge in [-0.05, 0) is 37.6 Å². The first-order chi connectivity index (χ1) is 8.66. The van der Waals surface area contributed by atoms with Crippen molar-refractivity contribution >= 4 is 18.3 Å². The Labute approximate surface area is 117 Å². The van der Waals surface area contributed by atoms with Crippen molar-refractivity contribution in [2.24, 2.45) is 0 Å². The molecule has 106 valence electrons. The number of rotatable bonds is 3. The normalized spacial score (nSPS) is 18.5. The number of nitrogens with one attached hydrogen (secondary N) is 2. The third-order valence-electron chi connectivity index (χ3n) is 3.09. The summed E-state index contributed by atoms with van der Waals surface area (Å²) in [5, 5.41) is 5.73. The van der Waals surface area contributed by atoms with Gasteiger partial charge in [-0.15, -0.1) is 12.4 Å². The van der Waals surface area contributed by atoms with E-state index < -0.39 is 11.6 Å². The van der Waals surface area contributed by atoms with Crippen molar-refractivity contribution in [3.63, 3.8) is 0 Å². The lowest BCUT2D eigenvalue weighted by molar-refractivity contribution is -0.123. The Morgan fingerprint density at radius 2 is 2.16 bits per heavy atom. The molecule has 1 aromatic rings. The van der Waals surface area contributed by atoms with Gasteiger partial charge in [0.2, 0.25) is 5.91 Å². The molecule has 0 spiro atoms. The standard InChI is InChI=1S/C13H16F2N2O.ClH/c14-10-4-5-11(15)9(7-10)8-17-13(18)12-3-1-2-6-16-12;/h4-5,7,12,16H,1-3,6,8H2,(H,17,18);1H/t12-;/m0./s1. The Morgan fingerprint density at radius 1 is 1.37 bits per heavy atom. The second-order valence-electron chi connectivity index (χ2n) is 4.46. The minimum Gasteiger partial charge on any atom is -0.351 e. The Kier molecular flexibility index (Phi) is 6.18. The van der Waals surface area contributed by atoms with Gasteiger partial charge in [0.15, 0.2) is 0 Å². The molecule has 1 aromatic carbocycles. The third-order valence-corrected chi connectivity index (χ3v) is 3.09. The minimum absolute atomic E-state index is 0. The average molecular weight is 291 g/mol. The van der Waals surface area contributed by atoms with E-state index in [1.54, 1.807) is 0 Å². The van der Waals surface area contributed by atoms with Crippen molar-refractivity contribution in [2.75, 3.05) is 6.54 Å². The number of hydrogen-bond acceptors (Lipinski definition) is 2. The lowest BCUT2D eigenvalue weighted by atomic mass is 10.0. The Balaban J connectivity index is 0.00000180. The number of benzene rings is 1. The molecule has 0 radical (unpaired) electrons. The zero-order valence-electron chi connectivity index (χ0n) is 10.4. The van der Waals surface area contributed by atoms with Crippen LogP contribution >= 0.6 is 12.4 Å². The summed E-state index contributed by atoms with van der Waals surface area (Å²) < 4.78 is 26.3. The van der Waals surface area contributed by atoms with E-state index in [0.717, 1.165) is 44.0 Å². The molecular formula is C13H17ClF2N2O. The summed E-state index contributed by atoms with van der Waals surface area (Å²) in [4.78, 5) is 11.8. The third kappa shape index (κ3) is 4.44. The first-order valence-corrected chi connectivity index (χ1v) is 6.12. The topological polar surface area (TPSA) is 41.1 Å². The number of piperidine rings is 1. The molecule has 1 heterocycles. The molecule has 0 aliphatic carbocycles. The Bertz CT molecular complexity index is 437. The summed E-state index contributed by atoms with van der Waals surface area (Å²) in [5.74, 6) is -1.16. The molecule has 0 bridgehead atoms. The van der Waals surface area contributed by atoms with E-state index in [0.29, 0.717) is 0 Å². The van der Waals surface area contributed by atoms with Crippen LogP contribution in [0.1, 0.15) is 24.8 Å². The first-order valence-electron chi connectivity index (χ1n) is 6.12. The van der Waals surface area contributed by atoms with Crippen LogP contribution in [0.5, 0.6) is 0 Å². The van der Waals surface area contributed by atoms with Crippen molar-refractivity contribution in [3.8, 4) is 0 Å². The molecule has 1 saturated heterocycles. The fourth-order valence-electron chi connectivity index (χ4n) is 2.06. The highest BCUT2D eigenvalue weighted by Crippen LogP contribution is 2.10. The van der Waals surface area contributed by atoms with E-state index in [1.807, 2.05) is 0 Å². The van der Waals surface area contributed by atoms with Crippen molar-refractivity contribution in [1.82, 2.24) is 10.6 Å². The van der Waals surface area contributed by atoms with E-state index >= 15 is 0 Å². The predicted molar refractivity (Wildman–Crippen MR) is 71.1 cm³/mol. The smallest absolute Gasteiger partial charge is 0.237 e. The SMILES string of the molecule is Cl.O=C(NCc1cc(F)ccc1F)[C@@H]1CCCCN1. The highest BCUT2D eigenvalue weighted by molar-refractivity contribution is 5.85. The molecule has 2 rings (SSSR count). The molecule has 3 nitrogen and oxygen atoms in total. The summed E-state index contributed by atoms with van der Waals surface area (Å²) in [7, 11) is 0. The van der Waals surface area contributed by atoms with Crippen molar-refractivity contribution in [3.05, 3.63) is 35.4 Å². The van der Waals surface area contributed by atoms with Crippen LogP contribution in [0.15, 0.2) is 18.2 Å². The van der Waals surface area contributed by atoms with Crippen LogP contribution in [0.3, 0.4) is 0 Å². The summed E-state index contributed by atoms with van der Waals surface area (Å²) in [6.07, 6.45) is 2.87. The Morgan fingerprint density at radius 3 is 2.84 bits per heavy atom. The summed E-state index contributed by atoms with van der Waals surface area (Å²) in [6.45, 7) is 0.840. The molecule has 1 aliphatic rings. The fraction of sp³-hybridized carbons (Fsp3) is 0.462. The van der Waals surface area contributed by atoms with Crippen LogP contribution < -0.4 is 10.6 Å². The summed E-state index contributed by atoms with van der Waals surface area (Å²) >= 11 is 0. The van der Waals surface area contributed by atoms with Crippen LogP contribution in [-0.4, -0.2) is 18.5 Å². The minimum atomic E-state index is -0.506. The number of carbonyl (C=O) groups excluding carboxylic acids is 1. The zero-order valence-corrected chi connectivity index (χ0v) is 11.2. The van der Waals surface area contributed by atoms with Gasteiger partial charge in [0.1, 0.15) is 11.6 Å². The molecule has 0 unspecified atom stereocenters. The second-order valence-corrected chi connectivity index (χ2v) is 4.46. The maximum Gasteiger partial charge on any atom is 0.237 e. The van der Waals surface area contributed by atoms with Crippen LogP contribution in [0.4, 0.5) is 8.78 Å². The fourth-order valence-corrected chi connectivity index (χ4v) is 2.06. The van der Waals surface area contributed by atoms with E-state index in [2.05, 4.69) is 10.6 Å². The molecule has 0 aromatic heterocycles. The lowest BCUT2D eigenvalue weighted by Crippen LogP contribution is -2.46. The molecule has 1 fully saturated rings. The molecule has 2 N–H and O–H groups in total. The van der Waals surface area contributed by atoms with Crippen LogP contribution in [0.25, 0.3) is 0 Å². The zero-order chi connectivity index (χ0) is 13.0. The lowest BCUT2D eigenvalue weighted by Gasteiger charge is -2.22. The highest BCUT2D eigenvalue weighted by Gasteiger charge is 2.20. The molecule has 19 heavy (non-hydrogen) atoms. The highest BCUT2D eigenvalue weighted by atomic mass is 35.5. The summed E-state index contributed by atoms with van der Waals surface area (Å²) in [5.41, 5.74) is 0.166. The monoisotopic (exact) mass is 290 g/mol. The van der Waals surface area contributed by atoms with Gasteiger partial charge in [-0.2, -0.15) is 0 Å². The van der Waals surface area contributed by atoms with Gasteiger partial charge in [-0.25, -0.2) is 8.78 Å². The molecule has 1 amide bonds. The average Bonchev–Trinajstić information content (AvgIpc) is 2.40. The van der Waals surface area contributed by atoms with Gasteiger partial charge in [0, 0.05) is 12.1 Å². The number of hydrogen-bond donors (Lipinski definition) is 2. The second kappa shape index (κ2) is 7.40. The number of carbonyl (C=O) groups is 1. The van der Waals surface area contributed by atoms with E-state index in [-0.39, 0.29) is 36.5 Å². The predicted octanol–water partition coefficient (Wildman–Crippen LogP) is 2.14. The largest absolute Gasteiger partial charge is 0.351 e. The quantitative estimate of drug-likeness (QED) is 0.895. The molecule has 6 heteroatoms. The van der Waals surface area contributed by atoms with E-state index in [9.17, 15) is 13.6 Å². The Hall–Kier alpha value is -1.20. The number of amides is 1. The van der Waals surface area contributed by atoms with Crippen LogP contribution in [0.2, 0.25) is 0 Å². The molecular weight excluding hydrogens is 274 g/mol. The first kappa shape index (κ1) is 15.9.